The minimum absolute atomic E-state index is 0.580. The molecule has 6 nitrogen and oxygen atoms in total. The molecule has 0 aliphatic heterocycles. The number of pyridine rings is 1. The quantitative estimate of drug-likeness (QED) is 0.384. The first-order valence-corrected chi connectivity index (χ1v) is 10.5. The summed E-state index contributed by atoms with van der Waals surface area (Å²) in [6.45, 7) is 0.710. The molecule has 0 unspecified atom stereocenters. The third-order valence-electron chi connectivity index (χ3n) is 4.95. The minimum Gasteiger partial charge on any atom is -0.493 e. The maximum absolute atomic E-state index is 6.09. The van der Waals surface area contributed by atoms with Gasteiger partial charge in [0.1, 0.15) is 5.82 Å². The highest BCUT2D eigenvalue weighted by Gasteiger charge is 2.12. The summed E-state index contributed by atoms with van der Waals surface area (Å²) in [6, 6.07) is 15.4. The number of aromatic nitrogens is 3. The zero-order chi connectivity index (χ0) is 22.3. The second kappa shape index (κ2) is 10.1. The molecule has 0 spiro atoms. The van der Waals surface area contributed by atoms with E-state index in [-0.39, 0.29) is 0 Å². The molecule has 162 valence electrons. The van der Waals surface area contributed by atoms with Gasteiger partial charge >= 0.3 is 0 Å². The predicted octanol–water partition coefficient (Wildman–Crippen LogP) is 5.52. The summed E-state index contributed by atoms with van der Waals surface area (Å²) in [6.07, 6.45) is 8.25. The fourth-order valence-corrected chi connectivity index (χ4v) is 3.54. The van der Waals surface area contributed by atoms with Crippen molar-refractivity contribution in [3.8, 4) is 11.5 Å². The van der Waals surface area contributed by atoms with Crippen molar-refractivity contribution < 1.29 is 9.47 Å². The molecule has 2 aromatic carbocycles. The summed E-state index contributed by atoms with van der Waals surface area (Å²) in [7, 11) is 3.22. The van der Waals surface area contributed by atoms with E-state index in [0.29, 0.717) is 28.9 Å². The Balaban J connectivity index is 1.69. The van der Waals surface area contributed by atoms with Gasteiger partial charge in [0, 0.05) is 35.4 Å². The largest absolute Gasteiger partial charge is 0.493 e. The highest BCUT2D eigenvalue weighted by Crippen LogP contribution is 2.34. The number of benzene rings is 2. The lowest BCUT2D eigenvalue weighted by Crippen LogP contribution is -2.08. The van der Waals surface area contributed by atoms with Gasteiger partial charge in [-0.3, -0.25) is 4.98 Å². The molecule has 0 aliphatic carbocycles. The van der Waals surface area contributed by atoms with Gasteiger partial charge in [-0.25, -0.2) is 9.97 Å². The third-order valence-corrected chi connectivity index (χ3v) is 5.18. The Morgan fingerprint density at radius 2 is 1.72 bits per heavy atom. The van der Waals surface area contributed by atoms with E-state index >= 15 is 0 Å². The number of fused-ring (bicyclic) bond motifs is 1. The second-order valence-corrected chi connectivity index (χ2v) is 7.51. The Morgan fingerprint density at radius 1 is 0.938 bits per heavy atom. The average Bonchev–Trinajstić information content (AvgIpc) is 2.82. The smallest absolute Gasteiger partial charge is 0.162 e. The maximum atomic E-state index is 6.09. The van der Waals surface area contributed by atoms with E-state index in [1.54, 1.807) is 26.6 Å². The van der Waals surface area contributed by atoms with Gasteiger partial charge in [0.25, 0.3) is 0 Å². The van der Waals surface area contributed by atoms with Crippen LogP contribution in [0.2, 0.25) is 5.02 Å². The lowest BCUT2D eigenvalue weighted by Gasteiger charge is -2.13. The first-order chi connectivity index (χ1) is 15.7. The molecule has 0 amide bonds. The molecule has 4 aromatic rings. The number of hydrogen-bond donors (Lipinski definition) is 1. The van der Waals surface area contributed by atoms with Crippen LogP contribution in [0.5, 0.6) is 11.5 Å². The van der Waals surface area contributed by atoms with Crippen LogP contribution >= 0.6 is 11.6 Å². The molecule has 0 fully saturated rings. The Bertz CT molecular complexity index is 1250. The average molecular weight is 447 g/mol. The standard InChI is InChI=1S/C25H23ClN4O2/c1-31-22-15-20-21(16-23(22)32-2)29-24(7-6-18-4-3-5-19(26)14-18)30-25(20)28-13-10-17-8-11-27-12-9-17/h3-9,11-12,14-16H,10,13H2,1-2H3,(H,28,29,30)/b7-6+. The van der Waals surface area contributed by atoms with Crippen LogP contribution in [0.4, 0.5) is 5.82 Å². The van der Waals surface area contributed by atoms with Crippen LogP contribution in [-0.4, -0.2) is 35.7 Å². The summed E-state index contributed by atoms with van der Waals surface area (Å²) < 4.78 is 10.9. The maximum Gasteiger partial charge on any atom is 0.162 e. The van der Waals surface area contributed by atoms with E-state index in [1.807, 2.05) is 60.7 Å². The molecule has 0 saturated heterocycles. The Morgan fingerprint density at radius 3 is 2.47 bits per heavy atom. The minimum atomic E-state index is 0.580. The van der Waals surface area contributed by atoms with E-state index in [4.69, 9.17) is 31.0 Å². The summed E-state index contributed by atoms with van der Waals surface area (Å²) in [5, 5.41) is 4.99. The molecule has 0 radical (unpaired) electrons. The van der Waals surface area contributed by atoms with Gasteiger partial charge in [-0.2, -0.15) is 0 Å². The summed E-state index contributed by atoms with van der Waals surface area (Å²) >= 11 is 6.09. The number of nitrogens with zero attached hydrogens (tertiary/aromatic N) is 3. The van der Waals surface area contributed by atoms with Crippen molar-refractivity contribution in [1.29, 1.82) is 0 Å². The lowest BCUT2D eigenvalue weighted by atomic mass is 10.1. The van der Waals surface area contributed by atoms with Gasteiger partial charge in [0.15, 0.2) is 17.3 Å². The van der Waals surface area contributed by atoms with E-state index in [0.717, 1.165) is 28.7 Å². The topological polar surface area (TPSA) is 69.2 Å². The number of ether oxygens (including phenoxy) is 2. The number of halogens is 1. The highest BCUT2D eigenvalue weighted by atomic mass is 35.5. The predicted molar refractivity (Wildman–Crippen MR) is 129 cm³/mol. The van der Waals surface area contributed by atoms with Crippen LogP contribution in [0.3, 0.4) is 0 Å². The molecule has 0 saturated carbocycles. The van der Waals surface area contributed by atoms with Crippen molar-refractivity contribution in [2.24, 2.45) is 0 Å². The number of hydrogen-bond acceptors (Lipinski definition) is 6. The van der Waals surface area contributed by atoms with Crippen molar-refractivity contribution in [3.05, 3.63) is 82.9 Å². The van der Waals surface area contributed by atoms with Gasteiger partial charge in [-0.1, -0.05) is 29.8 Å². The molecule has 7 heteroatoms. The van der Waals surface area contributed by atoms with Crippen molar-refractivity contribution in [3.63, 3.8) is 0 Å². The third kappa shape index (κ3) is 5.15. The Hall–Kier alpha value is -3.64. The van der Waals surface area contributed by atoms with Gasteiger partial charge in [-0.05, 0) is 54.0 Å². The van der Waals surface area contributed by atoms with Crippen LogP contribution in [0.1, 0.15) is 17.0 Å². The number of nitrogens with one attached hydrogen (secondary N) is 1. The lowest BCUT2D eigenvalue weighted by molar-refractivity contribution is 0.356. The van der Waals surface area contributed by atoms with Crippen molar-refractivity contribution in [2.45, 2.75) is 6.42 Å². The molecule has 1 N–H and O–H groups in total. The first kappa shape index (κ1) is 21.6. The number of anilines is 1. The van der Waals surface area contributed by atoms with Crippen LogP contribution in [0, 0.1) is 0 Å². The monoisotopic (exact) mass is 446 g/mol. The molecule has 2 aromatic heterocycles. The highest BCUT2D eigenvalue weighted by molar-refractivity contribution is 6.30. The molecular formula is C25H23ClN4O2. The molecular weight excluding hydrogens is 424 g/mol. The SMILES string of the molecule is COc1cc2nc(/C=C/c3cccc(Cl)c3)nc(NCCc3ccncc3)c2cc1OC. The Kier molecular flexibility index (Phi) is 6.82. The Labute approximate surface area is 191 Å². The van der Waals surface area contributed by atoms with E-state index < -0.39 is 0 Å². The normalized spacial score (nSPS) is 11.1. The van der Waals surface area contributed by atoms with Crippen molar-refractivity contribution >= 4 is 40.5 Å². The van der Waals surface area contributed by atoms with E-state index in [1.165, 1.54) is 5.56 Å². The molecule has 2 heterocycles. The number of rotatable bonds is 8. The molecule has 0 aliphatic rings. The van der Waals surface area contributed by atoms with Crippen LogP contribution in [0.15, 0.2) is 60.9 Å². The van der Waals surface area contributed by atoms with Gasteiger partial charge in [0.05, 0.1) is 19.7 Å². The molecule has 0 bridgehead atoms. The summed E-state index contributed by atoms with van der Waals surface area (Å²) in [5.74, 6) is 2.56. The molecule has 4 rings (SSSR count). The summed E-state index contributed by atoms with van der Waals surface area (Å²) in [5.41, 5.74) is 2.93. The molecule has 0 atom stereocenters. The van der Waals surface area contributed by atoms with Gasteiger partial charge in [0.2, 0.25) is 0 Å². The first-order valence-electron chi connectivity index (χ1n) is 10.2. The summed E-state index contributed by atoms with van der Waals surface area (Å²) in [4.78, 5) is 13.5. The van der Waals surface area contributed by atoms with Crippen LogP contribution in [0.25, 0.3) is 23.1 Å². The van der Waals surface area contributed by atoms with E-state index in [2.05, 4.69) is 10.3 Å². The fourth-order valence-electron chi connectivity index (χ4n) is 3.34. The zero-order valence-electron chi connectivity index (χ0n) is 17.9. The second-order valence-electron chi connectivity index (χ2n) is 7.08. The zero-order valence-corrected chi connectivity index (χ0v) is 18.6. The fraction of sp³-hybridized carbons (Fsp3) is 0.160. The van der Waals surface area contributed by atoms with Crippen LogP contribution in [-0.2, 0) is 6.42 Å². The van der Waals surface area contributed by atoms with Crippen molar-refractivity contribution in [1.82, 2.24) is 15.0 Å². The molecule has 32 heavy (non-hydrogen) atoms. The number of methoxy groups -OCH3 is 2. The van der Waals surface area contributed by atoms with E-state index in [9.17, 15) is 0 Å². The van der Waals surface area contributed by atoms with Crippen molar-refractivity contribution in [2.75, 3.05) is 26.1 Å². The van der Waals surface area contributed by atoms with Gasteiger partial charge < -0.3 is 14.8 Å². The van der Waals surface area contributed by atoms with Gasteiger partial charge in [-0.15, -0.1) is 0 Å². The van der Waals surface area contributed by atoms with Crippen LogP contribution < -0.4 is 14.8 Å².